The summed E-state index contributed by atoms with van der Waals surface area (Å²) >= 11 is 0. The van der Waals surface area contributed by atoms with Gasteiger partial charge in [0.15, 0.2) is 0 Å². The lowest BCUT2D eigenvalue weighted by atomic mass is 10.1. The minimum atomic E-state index is -3.54. The molecule has 4 rings (SSSR count). The molecular weight excluding hydrogens is 300 g/mol. The molecule has 0 saturated carbocycles. The maximum absolute atomic E-state index is 12.9. The third kappa shape index (κ3) is 1.64. The van der Waals surface area contributed by atoms with Crippen molar-refractivity contribution in [1.29, 1.82) is 0 Å². The molecule has 0 aliphatic carbocycles. The van der Waals surface area contributed by atoms with Crippen LogP contribution in [0.1, 0.15) is 17.0 Å². The summed E-state index contributed by atoms with van der Waals surface area (Å²) < 4.78 is 32.4. The van der Waals surface area contributed by atoms with Crippen molar-refractivity contribution in [1.82, 2.24) is 5.16 Å². The first-order chi connectivity index (χ1) is 10.5. The second kappa shape index (κ2) is 4.33. The van der Waals surface area contributed by atoms with Crippen molar-refractivity contribution < 1.29 is 12.9 Å². The summed E-state index contributed by atoms with van der Waals surface area (Å²) in [6.07, 6.45) is 0. The van der Waals surface area contributed by atoms with E-state index < -0.39 is 10.0 Å². The Kier molecular flexibility index (Phi) is 2.62. The maximum Gasteiger partial charge on any atom is 0.265 e. The second-order valence-corrected chi connectivity index (χ2v) is 7.28. The summed E-state index contributed by atoms with van der Waals surface area (Å²) in [7, 11) is -3.54. The van der Waals surface area contributed by atoms with Crippen molar-refractivity contribution in [3.8, 4) is 0 Å². The molecule has 22 heavy (non-hydrogen) atoms. The van der Waals surface area contributed by atoms with Crippen LogP contribution in [-0.2, 0) is 16.6 Å². The van der Waals surface area contributed by atoms with Gasteiger partial charge in [-0.2, -0.15) is 0 Å². The summed E-state index contributed by atoms with van der Waals surface area (Å²) in [4.78, 5) is 0.368. The summed E-state index contributed by atoms with van der Waals surface area (Å²) in [5.74, 6) is 0.649. The molecule has 0 bridgehead atoms. The number of hydrogen-bond acceptors (Lipinski definition) is 4. The average Bonchev–Trinajstić information content (AvgIpc) is 2.92. The van der Waals surface area contributed by atoms with Gasteiger partial charge in [-0.25, -0.2) is 8.42 Å². The Labute approximate surface area is 128 Å². The first-order valence-corrected chi connectivity index (χ1v) is 8.40. The van der Waals surface area contributed by atoms with Crippen LogP contribution in [0, 0.1) is 13.8 Å². The molecule has 1 aliphatic heterocycles. The fourth-order valence-corrected chi connectivity index (χ4v) is 4.68. The van der Waals surface area contributed by atoms with Crippen LogP contribution in [0.3, 0.4) is 0 Å². The molecule has 0 N–H and O–H groups in total. The van der Waals surface area contributed by atoms with E-state index in [0.29, 0.717) is 16.3 Å². The van der Waals surface area contributed by atoms with Gasteiger partial charge in [-0.1, -0.05) is 29.4 Å². The van der Waals surface area contributed by atoms with Gasteiger partial charge < -0.3 is 4.52 Å². The van der Waals surface area contributed by atoms with Crippen molar-refractivity contribution in [3.05, 3.63) is 53.4 Å². The van der Waals surface area contributed by atoms with E-state index in [1.165, 1.54) is 4.31 Å². The lowest BCUT2D eigenvalue weighted by Crippen LogP contribution is -2.26. The Bertz CT molecular complexity index is 981. The summed E-state index contributed by atoms with van der Waals surface area (Å²) in [5, 5.41) is 5.63. The number of aryl methyl sites for hydroxylation is 2. The van der Waals surface area contributed by atoms with Gasteiger partial charge in [-0.05, 0) is 31.4 Å². The molecule has 6 heteroatoms. The fourth-order valence-electron chi connectivity index (χ4n) is 3.00. The molecule has 0 atom stereocenters. The van der Waals surface area contributed by atoms with Crippen LogP contribution < -0.4 is 4.31 Å². The molecule has 0 saturated heterocycles. The Morgan fingerprint density at radius 3 is 2.55 bits per heavy atom. The quantitative estimate of drug-likeness (QED) is 0.729. The van der Waals surface area contributed by atoms with E-state index in [0.717, 1.165) is 22.0 Å². The number of benzene rings is 2. The van der Waals surface area contributed by atoms with Crippen LogP contribution in [0.15, 0.2) is 45.8 Å². The van der Waals surface area contributed by atoms with Gasteiger partial charge in [0.1, 0.15) is 5.76 Å². The van der Waals surface area contributed by atoms with E-state index in [1.807, 2.05) is 31.2 Å². The average molecular weight is 314 g/mol. The third-order valence-corrected chi connectivity index (χ3v) is 5.97. The van der Waals surface area contributed by atoms with Crippen molar-refractivity contribution >= 4 is 26.5 Å². The maximum atomic E-state index is 12.9. The van der Waals surface area contributed by atoms with Crippen molar-refractivity contribution in [3.63, 3.8) is 0 Å². The van der Waals surface area contributed by atoms with Gasteiger partial charge >= 0.3 is 0 Å². The first-order valence-electron chi connectivity index (χ1n) is 6.96. The number of hydrogen-bond donors (Lipinski definition) is 0. The second-order valence-electron chi connectivity index (χ2n) is 5.45. The molecule has 1 aliphatic rings. The molecule has 5 nitrogen and oxygen atoms in total. The van der Waals surface area contributed by atoms with Crippen LogP contribution in [0.4, 0.5) is 5.69 Å². The van der Waals surface area contributed by atoms with Gasteiger partial charge in [0.05, 0.1) is 22.8 Å². The van der Waals surface area contributed by atoms with E-state index in [1.54, 1.807) is 19.1 Å². The Morgan fingerprint density at radius 2 is 1.86 bits per heavy atom. The molecular formula is C16H14N2O3S. The Balaban J connectivity index is 1.94. The van der Waals surface area contributed by atoms with Crippen molar-refractivity contribution in [2.75, 3.05) is 4.31 Å². The lowest BCUT2D eigenvalue weighted by molar-refractivity contribution is 0.392. The van der Waals surface area contributed by atoms with E-state index >= 15 is 0 Å². The molecule has 0 spiro atoms. The summed E-state index contributed by atoms with van der Waals surface area (Å²) in [6.45, 7) is 3.85. The van der Waals surface area contributed by atoms with E-state index in [-0.39, 0.29) is 6.54 Å². The van der Waals surface area contributed by atoms with E-state index in [4.69, 9.17) is 4.52 Å². The minimum Gasteiger partial charge on any atom is -0.361 e. The number of sulfonamides is 1. The SMILES string of the molecule is Cc1noc(C)c1CN1c2cccc3cccc(c23)S1(=O)=O. The van der Waals surface area contributed by atoms with Gasteiger partial charge in [0.2, 0.25) is 0 Å². The summed E-state index contributed by atoms with van der Waals surface area (Å²) in [6, 6.07) is 11.0. The Morgan fingerprint density at radius 1 is 1.14 bits per heavy atom. The molecule has 0 unspecified atom stereocenters. The predicted octanol–water partition coefficient (Wildman–Crippen LogP) is 3.15. The molecule has 2 aromatic carbocycles. The molecule has 0 amide bonds. The zero-order chi connectivity index (χ0) is 15.5. The van der Waals surface area contributed by atoms with Gasteiger partial charge in [0.25, 0.3) is 10.0 Å². The third-order valence-electron chi connectivity index (χ3n) is 4.16. The number of anilines is 1. The molecule has 0 radical (unpaired) electrons. The number of rotatable bonds is 2. The molecule has 1 aromatic heterocycles. The molecule has 0 fully saturated rings. The highest BCUT2D eigenvalue weighted by Gasteiger charge is 2.36. The van der Waals surface area contributed by atoms with Crippen molar-refractivity contribution in [2.24, 2.45) is 0 Å². The highest BCUT2D eigenvalue weighted by molar-refractivity contribution is 7.93. The van der Waals surface area contributed by atoms with E-state index in [9.17, 15) is 8.42 Å². The number of nitrogens with zero attached hydrogens (tertiary/aromatic N) is 2. The van der Waals surface area contributed by atoms with Crippen LogP contribution in [0.5, 0.6) is 0 Å². The highest BCUT2D eigenvalue weighted by Crippen LogP contribution is 2.43. The molecule has 3 aromatic rings. The van der Waals surface area contributed by atoms with Crippen LogP contribution in [0.25, 0.3) is 10.8 Å². The Hall–Kier alpha value is -2.34. The standard InChI is InChI=1S/C16H14N2O3S/c1-10-13(11(2)21-17-10)9-18-14-7-3-5-12-6-4-8-15(16(12)14)22(18,19)20/h3-8H,9H2,1-2H3. The molecule has 2 heterocycles. The van der Waals surface area contributed by atoms with Gasteiger partial charge in [-0.3, -0.25) is 4.31 Å². The monoisotopic (exact) mass is 314 g/mol. The molecule has 112 valence electrons. The van der Waals surface area contributed by atoms with E-state index in [2.05, 4.69) is 5.16 Å². The first kappa shape index (κ1) is 13.3. The van der Waals surface area contributed by atoms with Crippen LogP contribution >= 0.6 is 0 Å². The normalized spacial score (nSPS) is 15.6. The fraction of sp³-hybridized carbons (Fsp3) is 0.188. The summed E-state index contributed by atoms with van der Waals surface area (Å²) in [5.41, 5.74) is 2.25. The van der Waals surface area contributed by atoms with Gasteiger partial charge in [0, 0.05) is 10.9 Å². The predicted molar refractivity (Wildman–Crippen MR) is 83.3 cm³/mol. The van der Waals surface area contributed by atoms with Crippen LogP contribution in [-0.4, -0.2) is 13.6 Å². The van der Waals surface area contributed by atoms with Crippen molar-refractivity contribution in [2.45, 2.75) is 25.3 Å². The zero-order valence-corrected chi connectivity index (χ0v) is 13.0. The largest absolute Gasteiger partial charge is 0.361 e. The lowest BCUT2D eigenvalue weighted by Gasteiger charge is -2.18. The smallest absolute Gasteiger partial charge is 0.265 e. The topological polar surface area (TPSA) is 63.4 Å². The van der Waals surface area contributed by atoms with Crippen LogP contribution in [0.2, 0.25) is 0 Å². The number of aromatic nitrogens is 1. The highest BCUT2D eigenvalue weighted by atomic mass is 32.2. The van der Waals surface area contributed by atoms with Gasteiger partial charge in [-0.15, -0.1) is 0 Å². The minimum absolute atomic E-state index is 0.233. The zero-order valence-electron chi connectivity index (χ0n) is 12.2.